The quantitative estimate of drug-likeness (QED) is 0.932. The smallest absolute Gasteiger partial charge is 0.249 e. The predicted octanol–water partition coefficient (Wildman–Crippen LogP) is 3.21. The number of hydrogen-bond acceptors (Lipinski definition) is 6. The Bertz CT molecular complexity index is 659. The van der Waals surface area contributed by atoms with Gasteiger partial charge in [-0.2, -0.15) is 10.1 Å². The molecule has 24 heavy (non-hydrogen) atoms. The number of anilines is 4. The number of aromatic nitrogens is 3. The highest BCUT2D eigenvalue weighted by Gasteiger charge is 2.15. The largest absolute Gasteiger partial charge is 0.372 e. The average Bonchev–Trinajstić information content (AvgIpc) is 3.18. The molecule has 3 heterocycles. The number of hydrogen-bond donors (Lipinski definition) is 1. The first kappa shape index (κ1) is 15.2. The number of benzene rings is 1. The number of rotatable bonds is 4. The topological polar surface area (TPSA) is 57.2 Å². The van der Waals surface area contributed by atoms with E-state index in [4.69, 9.17) is 0 Å². The first-order valence-corrected chi connectivity index (χ1v) is 8.95. The Kier molecular flexibility index (Phi) is 4.44. The third kappa shape index (κ3) is 3.42. The van der Waals surface area contributed by atoms with E-state index in [0.717, 1.165) is 37.7 Å². The fourth-order valence-electron chi connectivity index (χ4n) is 3.48. The number of piperidine rings is 1. The van der Waals surface area contributed by atoms with Gasteiger partial charge in [-0.25, -0.2) is 0 Å². The minimum absolute atomic E-state index is 0.560. The Balaban J connectivity index is 1.44. The van der Waals surface area contributed by atoms with Crippen molar-refractivity contribution in [2.75, 3.05) is 41.3 Å². The monoisotopic (exact) mass is 324 g/mol. The zero-order valence-electron chi connectivity index (χ0n) is 14.0. The molecular formula is C18H24N6. The van der Waals surface area contributed by atoms with Gasteiger partial charge >= 0.3 is 0 Å². The third-order valence-corrected chi connectivity index (χ3v) is 4.82. The molecule has 2 saturated heterocycles. The maximum atomic E-state index is 4.59. The Labute approximate surface area is 142 Å². The summed E-state index contributed by atoms with van der Waals surface area (Å²) in [6.45, 7) is 4.45. The molecule has 0 spiro atoms. The molecule has 2 aromatic rings. The maximum Gasteiger partial charge on any atom is 0.249 e. The van der Waals surface area contributed by atoms with Gasteiger partial charge in [0.15, 0.2) is 5.82 Å². The zero-order chi connectivity index (χ0) is 16.2. The molecule has 1 aromatic carbocycles. The van der Waals surface area contributed by atoms with Crippen LogP contribution in [0.1, 0.15) is 32.1 Å². The van der Waals surface area contributed by atoms with E-state index in [1.807, 2.05) is 0 Å². The molecule has 0 radical (unpaired) electrons. The molecule has 2 aliphatic rings. The van der Waals surface area contributed by atoms with Crippen molar-refractivity contribution in [2.24, 2.45) is 0 Å². The fraction of sp³-hybridized carbons (Fsp3) is 0.500. The average molecular weight is 324 g/mol. The lowest BCUT2D eigenvalue weighted by Crippen LogP contribution is -2.29. The van der Waals surface area contributed by atoms with E-state index in [1.165, 1.54) is 37.8 Å². The summed E-state index contributed by atoms with van der Waals surface area (Å²) in [6, 6.07) is 8.53. The van der Waals surface area contributed by atoms with Gasteiger partial charge in [0.2, 0.25) is 5.95 Å². The van der Waals surface area contributed by atoms with Crippen molar-refractivity contribution in [1.29, 1.82) is 0 Å². The Morgan fingerprint density at radius 3 is 2.21 bits per heavy atom. The van der Waals surface area contributed by atoms with Crippen LogP contribution in [-0.4, -0.2) is 41.4 Å². The van der Waals surface area contributed by atoms with Gasteiger partial charge in [0.05, 0.1) is 6.20 Å². The summed E-state index contributed by atoms with van der Waals surface area (Å²) < 4.78 is 0. The van der Waals surface area contributed by atoms with Crippen molar-refractivity contribution < 1.29 is 0 Å². The lowest BCUT2D eigenvalue weighted by Gasteiger charge is -2.28. The van der Waals surface area contributed by atoms with E-state index in [2.05, 4.69) is 54.6 Å². The maximum absolute atomic E-state index is 4.59. The van der Waals surface area contributed by atoms with Crippen LogP contribution in [0.15, 0.2) is 30.5 Å². The fourth-order valence-corrected chi connectivity index (χ4v) is 3.48. The highest BCUT2D eigenvalue weighted by molar-refractivity contribution is 5.60. The number of nitrogens with one attached hydrogen (secondary N) is 1. The summed E-state index contributed by atoms with van der Waals surface area (Å²) in [5.41, 5.74) is 2.29. The van der Waals surface area contributed by atoms with Crippen LogP contribution >= 0.6 is 0 Å². The van der Waals surface area contributed by atoms with Crippen molar-refractivity contribution in [3.63, 3.8) is 0 Å². The molecule has 2 fully saturated rings. The summed E-state index contributed by atoms with van der Waals surface area (Å²) >= 11 is 0. The highest BCUT2D eigenvalue weighted by Crippen LogP contribution is 2.23. The Morgan fingerprint density at radius 2 is 1.46 bits per heavy atom. The van der Waals surface area contributed by atoms with Gasteiger partial charge in [0, 0.05) is 37.6 Å². The molecule has 0 aliphatic carbocycles. The molecule has 0 amide bonds. The first-order chi connectivity index (χ1) is 11.9. The molecule has 1 N–H and O–H groups in total. The summed E-state index contributed by atoms with van der Waals surface area (Å²) in [4.78, 5) is 9.31. The molecule has 0 bridgehead atoms. The second kappa shape index (κ2) is 7.03. The minimum atomic E-state index is 0.560. The van der Waals surface area contributed by atoms with E-state index in [-0.39, 0.29) is 0 Å². The van der Waals surface area contributed by atoms with Crippen LogP contribution < -0.4 is 15.1 Å². The standard InChI is InChI=1S/C18H24N6/c1-2-10-23(11-3-1)16-8-6-15(7-9-16)20-18-21-17(14-19-22-18)24-12-4-5-13-24/h6-9,14H,1-5,10-13H2,(H,20,21,22). The van der Waals surface area contributed by atoms with Crippen molar-refractivity contribution in [3.05, 3.63) is 30.5 Å². The van der Waals surface area contributed by atoms with Crippen LogP contribution in [-0.2, 0) is 0 Å². The zero-order valence-corrected chi connectivity index (χ0v) is 14.0. The molecule has 4 rings (SSSR count). The predicted molar refractivity (Wildman–Crippen MR) is 97.1 cm³/mol. The van der Waals surface area contributed by atoms with Gasteiger partial charge in [-0.3, -0.25) is 0 Å². The molecular weight excluding hydrogens is 300 g/mol. The summed E-state index contributed by atoms with van der Waals surface area (Å²) in [6.07, 6.45) is 8.14. The molecule has 0 saturated carbocycles. The normalized spacial score (nSPS) is 18.0. The molecule has 0 atom stereocenters. The molecule has 126 valence electrons. The van der Waals surface area contributed by atoms with Crippen LogP contribution in [0, 0.1) is 0 Å². The summed E-state index contributed by atoms with van der Waals surface area (Å²) in [5.74, 6) is 1.47. The van der Waals surface area contributed by atoms with Crippen LogP contribution in [0.25, 0.3) is 0 Å². The van der Waals surface area contributed by atoms with Crippen LogP contribution in [0.2, 0.25) is 0 Å². The molecule has 1 aromatic heterocycles. The van der Waals surface area contributed by atoms with E-state index in [9.17, 15) is 0 Å². The molecule has 0 unspecified atom stereocenters. The van der Waals surface area contributed by atoms with Crippen molar-refractivity contribution >= 4 is 23.1 Å². The molecule has 6 nitrogen and oxygen atoms in total. The third-order valence-electron chi connectivity index (χ3n) is 4.82. The lowest BCUT2D eigenvalue weighted by atomic mass is 10.1. The summed E-state index contributed by atoms with van der Waals surface area (Å²) in [7, 11) is 0. The van der Waals surface area contributed by atoms with E-state index < -0.39 is 0 Å². The summed E-state index contributed by atoms with van der Waals surface area (Å²) in [5, 5.41) is 11.5. The van der Waals surface area contributed by atoms with Crippen molar-refractivity contribution in [2.45, 2.75) is 32.1 Å². The van der Waals surface area contributed by atoms with Crippen molar-refractivity contribution in [1.82, 2.24) is 15.2 Å². The molecule has 6 heteroatoms. The second-order valence-corrected chi connectivity index (χ2v) is 6.55. The number of nitrogens with zero attached hydrogens (tertiary/aromatic N) is 5. The first-order valence-electron chi connectivity index (χ1n) is 8.95. The van der Waals surface area contributed by atoms with Gasteiger partial charge in [0.1, 0.15) is 0 Å². The van der Waals surface area contributed by atoms with Gasteiger partial charge in [0.25, 0.3) is 0 Å². The van der Waals surface area contributed by atoms with Gasteiger partial charge in [-0.05, 0) is 56.4 Å². The van der Waals surface area contributed by atoms with E-state index in [1.54, 1.807) is 6.20 Å². The second-order valence-electron chi connectivity index (χ2n) is 6.55. The SMILES string of the molecule is c1cc(N2CCCCC2)ccc1Nc1nncc(N2CCCC2)n1. The van der Waals surface area contributed by atoms with Crippen LogP contribution in [0.4, 0.5) is 23.1 Å². The van der Waals surface area contributed by atoms with Crippen LogP contribution in [0.5, 0.6) is 0 Å². The van der Waals surface area contributed by atoms with Gasteiger partial charge in [-0.15, -0.1) is 5.10 Å². The Hall–Kier alpha value is -2.37. The molecule has 2 aliphatic heterocycles. The van der Waals surface area contributed by atoms with Crippen molar-refractivity contribution in [3.8, 4) is 0 Å². The van der Waals surface area contributed by atoms with E-state index >= 15 is 0 Å². The highest BCUT2D eigenvalue weighted by atomic mass is 15.3. The Morgan fingerprint density at radius 1 is 0.792 bits per heavy atom. The van der Waals surface area contributed by atoms with Crippen LogP contribution in [0.3, 0.4) is 0 Å². The van der Waals surface area contributed by atoms with E-state index in [0.29, 0.717) is 5.95 Å². The van der Waals surface area contributed by atoms with Gasteiger partial charge < -0.3 is 15.1 Å². The minimum Gasteiger partial charge on any atom is -0.372 e. The van der Waals surface area contributed by atoms with Gasteiger partial charge in [-0.1, -0.05) is 0 Å². The lowest BCUT2D eigenvalue weighted by molar-refractivity contribution is 0.578.